The van der Waals surface area contributed by atoms with Gasteiger partial charge in [-0.1, -0.05) is 18.2 Å². The molecule has 2 aromatic rings. The van der Waals surface area contributed by atoms with Gasteiger partial charge in [0, 0.05) is 18.1 Å². The summed E-state index contributed by atoms with van der Waals surface area (Å²) in [5, 5.41) is 3.27. The summed E-state index contributed by atoms with van der Waals surface area (Å²) in [7, 11) is 0. The summed E-state index contributed by atoms with van der Waals surface area (Å²) >= 11 is 0. The van der Waals surface area contributed by atoms with Crippen molar-refractivity contribution in [2.75, 3.05) is 5.32 Å². The molecule has 0 amide bonds. The summed E-state index contributed by atoms with van der Waals surface area (Å²) in [6.07, 6.45) is 0. The van der Waals surface area contributed by atoms with Gasteiger partial charge < -0.3 is 5.32 Å². The van der Waals surface area contributed by atoms with Crippen LogP contribution in [0.2, 0.25) is 0 Å². The van der Waals surface area contributed by atoms with Crippen molar-refractivity contribution in [3.8, 4) is 0 Å². The van der Waals surface area contributed by atoms with Crippen LogP contribution >= 0.6 is 0 Å². The maximum Gasteiger partial charge on any atom is 0.0631 e. The monoisotopic (exact) mass is 195 g/mol. The molecule has 0 aliphatic heterocycles. The Balaban J connectivity index is 2.15. The molecule has 0 fully saturated rings. The fourth-order valence-corrected chi connectivity index (χ4v) is 1.32. The van der Waals surface area contributed by atoms with E-state index in [1.165, 1.54) is 0 Å². The Labute approximate surface area is 89.3 Å². The van der Waals surface area contributed by atoms with E-state index in [-0.39, 0.29) is 0 Å². The van der Waals surface area contributed by atoms with Gasteiger partial charge in [0.05, 0.1) is 5.69 Å². The zero-order chi connectivity index (χ0) is 10.5. The fourth-order valence-electron chi connectivity index (χ4n) is 1.32. The number of nitrogens with zero attached hydrogens (tertiary/aromatic N) is 1. The summed E-state index contributed by atoms with van der Waals surface area (Å²) in [6.45, 7) is 5.16. The molecule has 2 rings (SSSR count). The van der Waals surface area contributed by atoms with Crippen LogP contribution in [0.25, 0.3) is 0 Å². The van der Waals surface area contributed by atoms with Crippen molar-refractivity contribution in [3.63, 3.8) is 0 Å². The fraction of sp³-hybridized carbons (Fsp3) is 0. The van der Waals surface area contributed by atoms with Crippen LogP contribution < -0.4 is 5.32 Å². The smallest absolute Gasteiger partial charge is 0.0631 e. The molecule has 0 aromatic heterocycles. The molecular weight excluding hydrogens is 184 g/mol. The third-order valence-electron chi connectivity index (χ3n) is 2.08. The Bertz CT molecular complexity index is 432. The molecule has 0 unspecified atom stereocenters. The van der Waals surface area contributed by atoms with Gasteiger partial charge in [-0.15, -0.1) is 0 Å². The standard InChI is InChI=1S/C13H11N2/c1-14-11-7-9-13(10-8-11)15-12-5-3-2-4-6-12/h1-10,15H. The summed E-state index contributed by atoms with van der Waals surface area (Å²) in [4.78, 5) is 3.59. The molecule has 73 valence electrons. The molecule has 2 heteroatoms. The van der Waals surface area contributed by atoms with Crippen LogP contribution in [0, 0.1) is 0 Å². The van der Waals surface area contributed by atoms with Gasteiger partial charge in [-0.25, -0.2) is 0 Å². The normalized spacial score (nSPS) is 9.60. The number of para-hydroxylation sites is 1. The Morgan fingerprint density at radius 3 is 2.00 bits per heavy atom. The van der Waals surface area contributed by atoms with Crippen LogP contribution in [0.5, 0.6) is 0 Å². The predicted molar refractivity (Wildman–Crippen MR) is 64.3 cm³/mol. The highest BCUT2D eigenvalue weighted by atomic mass is 14.9. The Morgan fingerprint density at radius 2 is 1.40 bits per heavy atom. The van der Waals surface area contributed by atoms with Gasteiger partial charge in [0.2, 0.25) is 0 Å². The topological polar surface area (TPSA) is 24.4 Å². The molecular formula is C13H11N2. The second-order valence-electron chi connectivity index (χ2n) is 3.17. The quantitative estimate of drug-likeness (QED) is 0.743. The number of nitrogens with one attached hydrogen (secondary N) is 1. The summed E-state index contributed by atoms with van der Waals surface area (Å²) < 4.78 is 0. The number of hydrogen-bond donors (Lipinski definition) is 1. The van der Waals surface area contributed by atoms with Gasteiger partial charge in [0.1, 0.15) is 0 Å². The predicted octanol–water partition coefficient (Wildman–Crippen LogP) is 3.64. The average molecular weight is 195 g/mol. The Morgan fingerprint density at radius 1 is 0.800 bits per heavy atom. The minimum atomic E-state index is 0.772. The van der Waals surface area contributed by atoms with Gasteiger partial charge in [0.25, 0.3) is 0 Å². The summed E-state index contributed by atoms with van der Waals surface area (Å²) in [5.41, 5.74) is 2.86. The van der Waals surface area contributed by atoms with Crippen molar-refractivity contribution in [2.45, 2.75) is 0 Å². The first kappa shape index (κ1) is 9.46. The molecule has 2 nitrogen and oxygen atoms in total. The van der Waals surface area contributed by atoms with E-state index in [0.29, 0.717) is 0 Å². The molecule has 0 atom stereocenters. The van der Waals surface area contributed by atoms with Crippen molar-refractivity contribution >= 4 is 23.8 Å². The molecule has 1 N–H and O–H groups in total. The zero-order valence-corrected chi connectivity index (χ0v) is 8.22. The number of hydrogen-bond acceptors (Lipinski definition) is 2. The van der Waals surface area contributed by atoms with Crippen molar-refractivity contribution < 1.29 is 0 Å². The van der Waals surface area contributed by atoms with Gasteiger partial charge in [-0.2, -0.15) is 0 Å². The van der Waals surface area contributed by atoms with Crippen molar-refractivity contribution in [1.29, 1.82) is 0 Å². The molecule has 0 aliphatic rings. The van der Waals surface area contributed by atoms with Crippen LogP contribution in [-0.4, -0.2) is 6.72 Å². The number of anilines is 2. The maximum atomic E-state index is 5.16. The van der Waals surface area contributed by atoms with E-state index in [9.17, 15) is 0 Å². The number of benzene rings is 2. The van der Waals surface area contributed by atoms with Crippen LogP contribution in [0.3, 0.4) is 0 Å². The van der Waals surface area contributed by atoms with Crippen molar-refractivity contribution in [3.05, 3.63) is 54.6 Å². The van der Waals surface area contributed by atoms with Gasteiger partial charge >= 0.3 is 0 Å². The highest BCUT2D eigenvalue weighted by Gasteiger charge is 1.93. The SMILES string of the molecule is [CH]=Nc1ccc(Nc2ccccc2)cc1. The van der Waals surface area contributed by atoms with E-state index < -0.39 is 0 Å². The Kier molecular flexibility index (Phi) is 2.79. The molecule has 0 bridgehead atoms. The number of aliphatic imine (C=N–C) groups is 1. The van der Waals surface area contributed by atoms with Crippen LogP contribution in [0.1, 0.15) is 0 Å². The molecule has 0 aliphatic carbocycles. The third kappa shape index (κ3) is 2.44. The highest BCUT2D eigenvalue weighted by molar-refractivity contribution is 5.62. The van der Waals surface area contributed by atoms with E-state index in [0.717, 1.165) is 17.1 Å². The van der Waals surface area contributed by atoms with Gasteiger partial charge in [0.15, 0.2) is 0 Å². The molecule has 15 heavy (non-hydrogen) atoms. The summed E-state index contributed by atoms with van der Waals surface area (Å²) in [5.74, 6) is 0. The molecule has 0 heterocycles. The average Bonchev–Trinajstić information content (AvgIpc) is 2.31. The first-order valence-corrected chi connectivity index (χ1v) is 4.71. The lowest BCUT2D eigenvalue weighted by Crippen LogP contribution is -1.88. The first-order chi connectivity index (χ1) is 7.38. The highest BCUT2D eigenvalue weighted by Crippen LogP contribution is 2.19. The minimum Gasteiger partial charge on any atom is -0.356 e. The zero-order valence-electron chi connectivity index (χ0n) is 8.22. The third-order valence-corrected chi connectivity index (χ3v) is 2.08. The van der Waals surface area contributed by atoms with Crippen LogP contribution in [-0.2, 0) is 0 Å². The molecule has 1 radical (unpaired) electrons. The van der Waals surface area contributed by atoms with E-state index in [1.807, 2.05) is 54.6 Å². The summed E-state index contributed by atoms with van der Waals surface area (Å²) in [6, 6.07) is 17.6. The van der Waals surface area contributed by atoms with Crippen molar-refractivity contribution in [1.82, 2.24) is 0 Å². The lowest BCUT2D eigenvalue weighted by molar-refractivity contribution is 1.51. The molecule has 0 saturated heterocycles. The van der Waals surface area contributed by atoms with Crippen molar-refractivity contribution in [2.24, 2.45) is 4.99 Å². The van der Waals surface area contributed by atoms with Crippen LogP contribution in [0.15, 0.2) is 59.6 Å². The molecule has 0 spiro atoms. The van der Waals surface area contributed by atoms with E-state index in [4.69, 9.17) is 6.72 Å². The van der Waals surface area contributed by atoms with E-state index >= 15 is 0 Å². The van der Waals surface area contributed by atoms with Crippen LogP contribution in [0.4, 0.5) is 17.1 Å². The van der Waals surface area contributed by atoms with E-state index in [2.05, 4.69) is 10.3 Å². The number of rotatable bonds is 3. The second-order valence-corrected chi connectivity index (χ2v) is 3.17. The lowest BCUT2D eigenvalue weighted by Gasteiger charge is -2.05. The lowest BCUT2D eigenvalue weighted by atomic mass is 10.2. The first-order valence-electron chi connectivity index (χ1n) is 4.71. The van der Waals surface area contributed by atoms with E-state index in [1.54, 1.807) is 0 Å². The second kappa shape index (κ2) is 4.42. The molecule has 0 saturated carbocycles. The van der Waals surface area contributed by atoms with Gasteiger partial charge in [-0.05, 0) is 36.4 Å². The Hall–Kier alpha value is -2.09. The minimum absolute atomic E-state index is 0.772. The largest absolute Gasteiger partial charge is 0.356 e. The maximum absolute atomic E-state index is 5.16. The van der Waals surface area contributed by atoms with Gasteiger partial charge in [-0.3, -0.25) is 4.99 Å². The molecule has 2 aromatic carbocycles.